The van der Waals surface area contributed by atoms with E-state index in [0.29, 0.717) is 12.2 Å². The Morgan fingerprint density at radius 3 is 2.48 bits per heavy atom. The van der Waals surface area contributed by atoms with E-state index in [1.54, 1.807) is 10.9 Å². The van der Waals surface area contributed by atoms with Gasteiger partial charge in [-0.1, -0.05) is 13.3 Å². The number of unbranched alkanes of at least 4 members (excludes halogenated alkanes) is 1. The molecule has 3 heterocycles. The molecule has 0 unspecified atom stereocenters. The van der Waals surface area contributed by atoms with Crippen molar-refractivity contribution >= 4 is 11.7 Å². The molecule has 0 aromatic carbocycles. The second-order valence-electron chi connectivity index (χ2n) is 5.67. The molecule has 0 N–H and O–H groups in total. The summed E-state index contributed by atoms with van der Waals surface area (Å²) < 4.78 is 1.68. The fraction of sp³-hybridized carbons (Fsp3) is 0.500. The van der Waals surface area contributed by atoms with Gasteiger partial charge in [0.1, 0.15) is 0 Å². The maximum Gasteiger partial charge on any atom is 0.222 e. The number of piperazine rings is 1. The highest BCUT2D eigenvalue weighted by atomic mass is 16.2. The predicted molar refractivity (Wildman–Crippen MR) is 87.5 cm³/mol. The zero-order chi connectivity index (χ0) is 16.1. The second-order valence-corrected chi connectivity index (χ2v) is 5.67. The molecule has 1 aliphatic rings. The average Bonchev–Trinajstić information content (AvgIpc) is 3.14. The molecule has 1 amide bonds. The van der Waals surface area contributed by atoms with Crippen LogP contribution >= 0.6 is 0 Å². The van der Waals surface area contributed by atoms with Crippen molar-refractivity contribution in [3.05, 3.63) is 30.6 Å². The van der Waals surface area contributed by atoms with Crippen LogP contribution < -0.4 is 4.90 Å². The Morgan fingerprint density at radius 1 is 1.13 bits per heavy atom. The quantitative estimate of drug-likeness (QED) is 0.836. The fourth-order valence-electron chi connectivity index (χ4n) is 2.68. The third-order valence-corrected chi connectivity index (χ3v) is 4.08. The zero-order valence-corrected chi connectivity index (χ0v) is 13.4. The topological polar surface area (TPSA) is 67.2 Å². The summed E-state index contributed by atoms with van der Waals surface area (Å²) in [5, 5.41) is 12.6. The number of anilines is 1. The number of carbonyl (C=O) groups is 1. The van der Waals surface area contributed by atoms with E-state index in [9.17, 15) is 4.79 Å². The monoisotopic (exact) mass is 314 g/mol. The Bertz CT molecular complexity index is 617. The molecule has 122 valence electrons. The molecule has 3 rings (SSSR count). The van der Waals surface area contributed by atoms with Crippen LogP contribution in [0.4, 0.5) is 5.82 Å². The van der Waals surface area contributed by atoms with Crippen molar-refractivity contribution in [3.8, 4) is 5.82 Å². The summed E-state index contributed by atoms with van der Waals surface area (Å²) in [4.78, 5) is 16.2. The van der Waals surface area contributed by atoms with Gasteiger partial charge in [-0.15, -0.1) is 10.2 Å². The van der Waals surface area contributed by atoms with Crippen molar-refractivity contribution in [1.82, 2.24) is 24.9 Å². The highest BCUT2D eigenvalue weighted by molar-refractivity contribution is 5.76. The van der Waals surface area contributed by atoms with Gasteiger partial charge in [0, 0.05) is 45.0 Å². The standard InChI is InChI=1S/C16H22N6O/c1-2-3-5-16(23)21-12-10-20(11-13-21)14-6-7-15(19-18-14)22-9-4-8-17-22/h4,6-9H,2-3,5,10-13H2,1H3. The van der Waals surface area contributed by atoms with Crippen molar-refractivity contribution in [1.29, 1.82) is 0 Å². The van der Waals surface area contributed by atoms with Gasteiger partial charge in [-0.05, 0) is 24.6 Å². The third kappa shape index (κ3) is 3.67. The summed E-state index contributed by atoms with van der Waals surface area (Å²) >= 11 is 0. The van der Waals surface area contributed by atoms with Gasteiger partial charge in [0.25, 0.3) is 0 Å². The first-order valence-electron chi connectivity index (χ1n) is 8.14. The highest BCUT2D eigenvalue weighted by Gasteiger charge is 2.21. The lowest BCUT2D eigenvalue weighted by Gasteiger charge is -2.35. The van der Waals surface area contributed by atoms with Crippen molar-refractivity contribution in [2.24, 2.45) is 0 Å². The molecule has 1 aliphatic heterocycles. The van der Waals surface area contributed by atoms with Gasteiger partial charge in [-0.3, -0.25) is 4.79 Å². The van der Waals surface area contributed by atoms with Crippen molar-refractivity contribution in [3.63, 3.8) is 0 Å². The van der Waals surface area contributed by atoms with Gasteiger partial charge in [-0.2, -0.15) is 5.10 Å². The van der Waals surface area contributed by atoms with Crippen LogP contribution in [0.5, 0.6) is 0 Å². The van der Waals surface area contributed by atoms with E-state index in [-0.39, 0.29) is 5.91 Å². The minimum Gasteiger partial charge on any atom is -0.352 e. The number of carbonyl (C=O) groups excluding carboxylic acids is 1. The van der Waals surface area contributed by atoms with E-state index in [0.717, 1.165) is 44.8 Å². The summed E-state index contributed by atoms with van der Waals surface area (Å²) in [5.74, 6) is 1.82. The van der Waals surface area contributed by atoms with Gasteiger partial charge in [-0.25, -0.2) is 4.68 Å². The summed E-state index contributed by atoms with van der Waals surface area (Å²) in [6.45, 7) is 5.22. The Hall–Kier alpha value is -2.44. The Balaban J connectivity index is 1.56. The lowest BCUT2D eigenvalue weighted by Crippen LogP contribution is -2.49. The first-order chi connectivity index (χ1) is 11.3. The molecule has 0 spiro atoms. The maximum atomic E-state index is 12.0. The number of hydrogen-bond donors (Lipinski definition) is 0. The SMILES string of the molecule is CCCCC(=O)N1CCN(c2ccc(-n3cccn3)nn2)CC1. The molecule has 0 aliphatic carbocycles. The smallest absolute Gasteiger partial charge is 0.222 e. The van der Waals surface area contributed by atoms with Crippen LogP contribution in [-0.2, 0) is 4.79 Å². The van der Waals surface area contributed by atoms with Crippen LogP contribution in [0, 0.1) is 0 Å². The minimum atomic E-state index is 0.270. The van der Waals surface area contributed by atoms with E-state index >= 15 is 0 Å². The molecular formula is C16H22N6O. The van der Waals surface area contributed by atoms with Crippen molar-refractivity contribution < 1.29 is 4.79 Å². The molecule has 2 aromatic rings. The van der Waals surface area contributed by atoms with Gasteiger partial charge in [0.2, 0.25) is 5.91 Å². The number of aromatic nitrogens is 4. The summed E-state index contributed by atoms with van der Waals surface area (Å²) in [6, 6.07) is 5.72. The fourth-order valence-corrected chi connectivity index (χ4v) is 2.68. The Kier molecular flexibility index (Phi) is 4.85. The van der Waals surface area contributed by atoms with Gasteiger partial charge < -0.3 is 9.80 Å². The summed E-state index contributed by atoms with van der Waals surface area (Å²) in [7, 11) is 0. The second kappa shape index (κ2) is 7.21. The molecule has 0 atom stereocenters. The number of rotatable bonds is 5. The van der Waals surface area contributed by atoms with Gasteiger partial charge in [0.05, 0.1) is 0 Å². The molecule has 2 aromatic heterocycles. The average molecular weight is 314 g/mol. The molecule has 0 saturated carbocycles. The molecule has 0 radical (unpaired) electrons. The van der Waals surface area contributed by atoms with Crippen LogP contribution in [0.15, 0.2) is 30.6 Å². The molecular weight excluding hydrogens is 292 g/mol. The molecule has 7 heteroatoms. The normalized spacial score (nSPS) is 15.0. The van der Waals surface area contributed by atoms with E-state index in [1.165, 1.54) is 0 Å². The van der Waals surface area contributed by atoms with Crippen molar-refractivity contribution in [2.45, 2.75) is 26.2 Å². The molecule has 0 bridgehead atoms. The van der Waals surface area contributed by atoms with Crippen LogP contribution in [0.25, 0.3) is 5.82 Å². The lowest BCUT2D eigenvalue weighted by atomic mass is 10.2. The van der Waals surface area contributed by atoms with E-state index < -0.39 is 0 Å². The molecule has 7 nitrogen and oxygen atoms in total. The summed E-state index contributed by atoms with van der Waals surface area (Å²) in [6.07, 6.45) is 6.24. The van der Waals surface area contributed by atoms with Crippen LogP contribution in [0.2, 0.25) is 0 Å². The van der Waals surface area contributed by atoms with Gasteiger partial charge in [0.15, 0.2) is 11.6 Å². The lowest BCUT2D eigenvalue weighted by molar-refractivity contribution is -0.131. The molecule has 23 heavy (non-hydrogen) atoms. The van der Waals surface area contributed by atoms with E-state index in [1.807, 2.05) is 29.3 Å². The first kappa shape index (κ1) is 15.5. The van der Waals surface area contributed by atoms with E-state index in [2.05, 4.69) is 27.1 Å². The largest absolute Gasteiger partial charge is 0.352 e. The Morgan fingerprint density at radius 2 is 1.87 bits per heavy atom. The predicted octanol–water partition coefficient (Wildman–Crippen LogP) is 1.50. The van der Waals surface area contributed by atoms with Crippen molar-refractivity contribution in [2.75, 3.05) is 31.1 Å². The summed E-state index contributed by atoms with van der Waals surface area (Å²) in [5.41, 5.74) is 0. The third-order valence-electron chi connectivity index (χ3n) is 4.08. The first-order valence-corrected chi connectivity index (χ1v) is 8.14. The van der Waals surface area contributed by atoms with E-state index in [4.69, 9.17) is 0 Å². The molecule has 1 fully saturated rings. The number of hydrogen-bond acceptors (Lipinski definition) is 5. The zero-order valence-electron chi connectivity index (χ0n) is 13.4. The minimum absolute atomic E-state index is 0.270. The number of amides is 1. The van der Waals surface area contributed by atoms with Gasteiger partial charge >= 0.3 is 0 Å². The Labute approximate surface area is 135 Å². The highest BCUT2D eigenvalue weighted by Crippen LogP contribution is 2.14. The van der Waals surface area contributed by atoms with Crippen LogP contribution in [0.3, 0.4) is 0 Å². The van der Waals surface area contributed by atoms with Crippen LogP contribution in [0.1, 0.15) is 26.2 Å². The number of nitrogens with zero attached hydrogens (tertiary/aromatic N) is 6. The maximum absolute atomic E-state index is 12.0. The van der Waals surface area contributed by atoms with Crippen LogP contribution in [-0.4, -0.2) is 57.0 Å². The molecule has 1 saturated heterocycles.